The highest BCUT2D eigenvalue weighted by Crippen LogP contribution is 2.31. The number of halogens is 2. The van der Waals surface area contributed by atoms with Gasteiger partial charge in [0.2, 0.25) is 0 Å². The van der Waals surface area contributed by atoms with Crippen LogP contribution in [0.4, 0.5) is 17.1 Å². The fourth-order valence-corrected chi connectivity index (χ4v) is 2.21. The minimum Gasteiger partial charge on any atom is -0.510 e. The average Bonchev–Trinajstić information content (AvgIpc) is 2.57. The van der Waals surface area contributed by atoms with Crippen LogP contribution in [0.3, 0.4) is 0 Å². The van der Waals surface area contributed by atoms with Crippen LogP contribution in [0.25, 0.3) is 0 Å². The zero-order valence-electron chi connectivity index (χ0n) is 13.3. The van der Waals surface area contributed by atoms with Gasteiger partial charge in [-0.25, -0.2) is 0 Å². The second-order valence-corrected chi connectivity index (χ2v) is 5.80. The fourth-order valence-electron chi connectivity index (χ4n) is 1.86. The van der Waals surface area contributed by atoms with Crippen LogP contribution in [0.15, 0.2) is 64.1 Å². The van der Waals surface area contributed by atoms with Gasteiger partial charge in [-0.3, -0.25) is 14.9 Å². The molecular formula is C16H12Cl2N4O4. The number of nitrogens with zero attached hydrogens (tertiary/aromatic N) is 3. The Morgan fingerprint density at radius 3 is 2.54 bits per heavy atom. The number of nitro groups is 1. The number of nitrogens with one attached hydrogen (secondary N) is 1. The smallest absolute Gasteiger partial charge is 0.298 e. The Bertz CT molecular complexity index is 924. The van der Waals surface area contributed by atoms with Crippen LogP contribution in [0.2, 0.25) is 10.0 Å². The molecule has 0 spiro atoms. The fraction of sp³-hybridized carbons (Fsp3) is 0.0625. The Hall–Kier alpha value is -2.97. The molecule has 0 bridgehead atoms. The molecule has 2 aromatic rings. The van der Waals surface area contributed by atoms with Crippen molar-refractivity contribution in [3.8, 4) is 0 Å². The predicted octanol–water partition coefficient (Wildman–Crippen LogP) is 5.41. The standard InChI is InChI=1S/C16H12Cl2N4O4/c1-9(23)15(16(24)19-12-5-3-2-4-11(12)18)21-20-13-7-6-10(17)8-14(13)22(25)26/h2-8,23H,1H3,(H,19,24)/b15-9+,21-20+. The SMILES string of the molecule is C/C(O)=C(\N=N\c1ccc(Cl)cc1[N+](=O)[O-])C(=O)Nc1ccccc1Cl. The molecule has 2 rings (SSSR count). The van der Waals surface area contributed by atoms with Crippen molar-refractivity contribution in [2.45, 2.75) is 6.92 Å². The maximum absolute atomic E-state index is 12.3. The minimum absolute atomic E-state index is 0.122. The molecule has 0 aliphatic rings. The quantitative estimate of drug-likeness (QED) is 0.231. The average molecular weight is 395 g/mol. The van der Waals surface area contributed by atoms with Gasteiger partial charge in [0.1, 0.15) is 5.76 Å². The summed E-state index contributed by atoms with van der Waals surface area (Å²) in [5.41, 5.74) is -0.619. The maximum Gasteiger partial charge on any atom is 0.298 e. The van der Waals surface area contributed by atoms with Gasteiger partial charge < -0.3 is 10.4 Å². The summed E-state index contributed by atoms with van der Waals surface area (Å²) in [6.07, 6.45) is 0. The van der Waals surface area contributed by atoms with E-state index < -0.39 is 22.3 Å². The summed E-state index contributed by atoms with van der Waals surface area (Å²) in [4.78, 5) is 22.7. The molecule has 134 valence electrons. The van der Waals surface area contributed by atoms with E-state index in [2.05, 4.69) is 15.5 Å². The summed E-state index contributed by atoms with van der Waals surface area (Å²) >= 11 is 11.7. The first-order valence-electron chi connectivity index (χ1n) is 7.11. The monoisotopic (exact) mass is 394 g/mol. The number of benzene rings is 2. The molecule has 10 heteroatoms. The van der Waals surface area contributed by atoms with Crippen molar-refractivity contribution in [2.24, 2.45) is 10.2 Å². The molecule has 0 aliphatic heterocycles. The molecule has 26 heavy (non-hydrogen) atoms. The van der Waals surface area contributed by atoms with E-state index in [4.69, 9.17) is 23.2 Å². The number of azo groups is 1. The normalized spacial score (nSPS) is 12.0. The molecule has 0 heterocycles. The molecule has 8 nitrogen and oxygen atoms in total. The van der Waals surface area contributed by atoms with Gasteiger partial charge in [0.25, 0.3) is 11.6 Å². The van der Waals surface area contributed by atoms with E-state index in [1.54, 1.807) is 24.3 Å². The summed E-state index contributed by atoms with van der Waals surface area (Å²) in [5.74, 6) is -1.20. The number of carbonyl (C=O) groups excluding carboxylic acids is 1. The number of rotatable bonds is 5. The van der Waals surface area contributed by atoms with E-state index in [0.717, 1.165) is 6.07 Å². The lowest BCUT2D eigenvalue weighted by atomic mass is 10.3. The first kappa shape index (κ1) is 19.4. The van der Waals surface area contributed by atoms with Crippen molar-refractivity contribution >= 4 is 46.2 Å². The lowest BCUT2D eigenvalue weighted by molar-refractivity contribution is -0.384. The second kappa shape index (κ2) is 8.41. The molecule has 0 saturated heterocycles. The van der Waals surface area contributed by atoms with E-state index in [9.17, 15) is 20.0 Å². The number of para-hydroxylation sites is 1. The van der Waals surface area contributed by atoms with Gasteiger partial charge in [-0.2, -0.15) is 0 Å². The number of allylic oxidation sites excluding steroid dienone is 1. The van der Waals surface area contributed by atoms with Gasteiger partial charge in [0, 0.05) is 11.1 Å². The zero-order chi connectivity index (χ0) is 19.3. The van der Waals surface area contributed by atoms with Crippen molar-refractivity contribution in [2.75, 3.05) is 5.32 Å². The van der Waals surface area contributed by atoms with Crippen LogP contribution in [-0.4, -0.2) is 15.9 Å². The van der Waals surface area contributed by atoms with Gasteiger partial charge >= 0.3 is 0 Å². The number of carbonyl (C=O) groups is 1. The third-order valence-electron chi connectivity index (χ3n) is 3.07. The topological polar surface area (TPSA) is 117 Å². The molecule has 2 N–H and O–H groups in total. The van der Waals surface area contributed by atoms with Crippen molar-refractivity contribution in [3.05, 3.63) is 74.1 Å². The van der Waals surface area contributed by atoms with E-state index >= 15 is 0 Å². The van der Waals surface area contributed by atoms with E-state index in [-0.39, 0.29) is 16.4 Å². The third kappa shape index (κ3) is 4.78. The van der Waals surface area contributed by atoms with Crippen molar-refractivity contribution in [1.82, 2.24) is 0 Å². The van der Waals surface area contributed by atoms with Crippen LogP contribution in [0.5, 0.6) is 0 Å². The number of aliphatic hydroxyl groups excluding tert-OH is 1. The van der Waals surface area contributed by atoms with Crippen molar-refractivity contribution in [3.63, 3.8) is 0 Å². The molecular weight excluding hydrogens is 383 g/mol. The summed E-state index contributed by atoms with van der Waals surface area (Å²) in [6, 6.07) is 10.3. The van der Waals surface area contributed by atoms with Gasteiger partial charge in [-0.05, 0) is 31.2 Å². The van der Waals surface area contributed by atoms with Crippen LogP contribution in [0.1, 0.15) is 6.92 Å². The van der Waals surface area contributed by atoms with Crippen LogP contribution in [-0.2, 0) is 4.79 Å². The second-order valence-electron chi connectivity index (χ2n) is 4.96. The van der Waals surface area contributed by atoms with Gasteiger partial charge in [-0.15, -0.1) is 10.2 Å². The summed E-state index contributed by atoms with van der Waals surface area (Å²) in [7, 11) is 0. The Balaban J connectivity index is 2.31. The molecule has 0 fully saturated rings. The Labute approximate surface area is 157 Å². The Morgan fingerprint density at radius 1 is 1.23 bits per heavy atom. The van der Waals surface area contributed by atoms with Crippen molar-refractivity contribution in [1.29, 1.82) is 0 Å². The number of hydrogen-bond donors (Lipinski definition) is 2. The largest absolute Gasteiger partial charge is 0.510 e. The Morgan fingerprint density at radius 2 is 1.92 bits per heavy atom. The minimum atomic E-state index is -0.779. The molecule has 0 unspecified atom stereocenters. The Kier molecular flexibility index (Phi) is 6.26. The van der Waals surface area contributed by atoms with Gasteiger partial charge in [0.05, 0.1) is 15.6 Å². The first-order chi connectivity index (χ1) is 12.3. The summed E-state index contributed by atoms with van der Waals surface area (Å²) in [6.45, 7) is 1.23. The van der Waals surface area contributed by atoms with E-state index in [0.29, 0.717) is 10.7 Å². The van der Waals surface area contributed by atoms with Crippen LogP contribution < -0.4 is 5.32 Å². The summed E-state index contributed by atoms with van der Waals surface area (Å²) < 4.78 is 0. The third-order valence-corrected chi connectivity index (χ3v) is 3.64. The molecule has 0 saturated carbocycles. The van der Waals surface area contributed by atoms with E-state index in [1.165, 1.54) is 19.1 Å². The molecule has 0 radical (unpaired) electrons. The van der Waals surface area contributed by atoms with Gasteiger partial charge in [0.15, 0.2) is 11.4 Å². The molecule has 1 amide bonds. The highest BCUT2D eigenvalue weighted by molar-refractivity contribution is 6.33. The highest BCUT2D eigenvalue weighted by Gasteiger charge is 2.17. The van der Waals surface area contributed by atoms with Crippen LogP contribution in [0, 0.1) is 10.1 Å². The van der Waals surface area contributed by atoms with E-state index in [1.807, 2.05) is 0 Å². The molecule has 0 aliphatic carbocycles. The lowest BCUT2D eigenvalue weighted by Gasteiger charge is -2.07. The lowest BCUT2D eigenvalue weighted by Crippen LogP contribution is -2.14. The predicted molar refractivity (Wildman–Crippen MR) is 98.0 cm³/mol. The zero-order valence-corrected chi connectivity index (χ0v) is 14.8. The van der Waals surface area contributed by atoms with Crippen molar-refractivity contribution < 1.29 is 14.8 Å². The highest BCUT2D eigenvalue weighted by atomic mass is 35.5. The number of anilines is 1. The summed E-state index contributed by atoms with van der Waals surface area (Å²) in [5, 5.41) is 31.0. The molecule has 0 atom stereocenters. The maximum atomic E-state index is 12.3. The molecule has 0 aromatic heterocycles. The number of nitro benzene ring substituents is 1. The van der Waals surface area contributed by atoms with Crippen LogP contribution >= 0.6 is 23.2 Å². The molecule has 2 aromatic carbocycles. The number of hydrogen-bond acceptors (Lipinski definition) is 6. The number of aliphatic hydroxyl groups is 1. The first-order valence-corrected chi connectivity index (χ1v) is 7.86. The van der Waals surface area contributed by atoms with Gasteiger partial charge in [-0.1, -0.05) is 35.3 Å². The number of amides is 1.